The lowest BCUT2D eigenvalue weighted by Crippen LogP contribution is -2.45. The summed E-state index contributed by atoms with van der Waals surface area (Å²) < 4.78 is 0. The van der Waals surface area contributed by atoms with Crippen molar-refractivity contribution in [2.75, 3.05) is 31.9 Å². The van der Waals surface area contributed by atoms with Gasteiger partial charge in [-0.15, -0.1) is 31.4 Å². The van der Waals surface area contributed by atoms with Crippen molar-refractivity contribution in [1.82, 2.24) is 15.2 Å². The van der Waals surface area contributed by atoms with E-state index in [1.54, 1.807) is 6.20 Å². The minimum absolute atomic E-state index is 0. The summed E-state index contributed by atoms with van der Waals surface area (Å²) in [5.41, 5.74) is 7.09. The molecule has 0 spiro atoms. The van der Waals surface area contributed by atoms with Gasteiger partial charge in [-0.25, -0.2) is 4.98 Å². The summed E-state index contributed by atoms with van der Waals surface area (Å²) in [6, 6.07) is 4.32. The number of hydrogen-bond acceptors (Lipinski definition) is 4. The fourth-order valence-corrected chi connectivity index (χ4v) is 2.34. The Labute approximate surface area is 127 Å². The number of rotatable bonds is 4. The first-order valence-electron chi connectivity index (χ1n) is 6.09. The highest BCUT2D eigenvalue weighted by Crippen LogP contribution is 2.27. The van der Waals surface area contributed by atoms with Crippen LogP contribution in [0.2, 0.25) is 0 Å². The van der Waals surface area contributed by atoms with E-state index in [0.717, 1.165) is 38.2 Å². The van der Waals surface area contributed by atoms with E-state index < -0.39 is 0 Å². The van der Waals surface area contributed by atoms with Crippen LogP contribution < -0.4 is 11.1 Å². The lowest BCUT2D eigenvalue weighted by molar-refractivity contribution is 0.175. The van der Waals surface area contributed by atoms with Crippen LogP contribution in [-0.2, 0) is 0 Å². The SMILES string of the molecule is C=CC[C@@H](c1cccnc1N)N1CCNCC1.Cl.Cl. The molecule has 1 aromatic rings. The molecule has 4 nitrogen and oxygen atoms in total. The Bertz CT molecular complexity index is 381. The zero-order valence-electron chi connectivity index (χ0n) is 10.9. The van der Waals surface area contributed by atoms with Crippen molar-refractivity contribution in [3.05, 3.63) is 36.5 Å². The van der Waals surface area contributed by atoms with Gasteiger partial charge >= 0.3 is 0 Å². The number of nitrogens with one attached hydrogen (secondary N) is 1. The topological polar surface area (TPSA) is 54.2 Å². The first-order chi connectivity index (χ1) is 8.33. The molecular weight excluding hydrogens is 283 g/mol. The second-order valence-electron chi connectivity index (χ2n) is 4.30. The molecule has 0 unspecified atom stereocenters. The molecule has 1 aliphatic rings. The quantitative estimate of drug-likeness (QED) is 0.836. The van der Waals surface area contributed by atoms with Crippen LogP contribution >= 0.6 is 24.8 Å². The maximum absolute atomic E-state index is 5.97. The third-order valence-electron chi connectivity index (χ3n) is 3.21. The zero-order valence-corrected chi connectivity index (χ0v) is 12.6. The van der Waals surface area contributed by atoms with Crippen LogP contribution in [0.3, 0.4) is 0 Å². The molecule has 3 N–H and O–H groups in total. The van der Waals surface area contributed by atoms with Gasteiger partial charge in [0.2, 0.25) is 0 Å². The van der Waals surface area contributed by atoms with Gasteiger partial charge in [-0.1, -0.05) is 12.1 Å². The van der Waals surface area contributed by atoms with Crippen LogP contribution in [0, 0.1) is 0 Å². The highest BCUT2D eigenvalue weighted by atomic mass is 35.5. The third-order valence-corrected chi connectivity index (χ3v) is 3.21. The van der Waals surface area contributed by atoms with Gasteiger partial charge in [0.15, 0.2) is 0 Å². The van der Waals surface area contributed by atoms with Crippen molar-refractivity contribution in [3.8, 4) is 0 Å². The molecule has 2 heterocycles. The standard InChI is InChI=1S/C13H20N4.2ClH/c1-2-4-12(17-9-7-15-8-10-17)11-5-3-6-16-13(11)14;;/h2-3,5-6,12,15H,1,4,7-10H2,(H2,14,16);2*1H/t12-;;/m0../s1. The average Bonchev–Trinajstić information content (AvgIpc) is 2.38. The van der Waals surface area contributed by atoms with Gasteiger partial charge in [-0.05, 0) is 12.5 Å². The number of hydrogen-bond donors (Lipinski definition) is 2. The van der Waals surface area contributed by atoms with Crippen LogP contribution in [0.4, 0.5) is 5.82 Å². The number of aromatic nitrogens is 1. The predicted octanol–water partition coefficient (Wildman–Crippen LogP) is 2.03. The summed E-state index contributed by atoms with van der Waals surface area (Å²) in [6.07, 6.45) is 4.61. The van der Waals surface area contributed by atoms with E-state index in [2.05, 4.69) is 27.8 Å². The average molecular weight is 305 g/mol. The molecule has 0 bridgehead atoms. The fourth-order valence-electron chi connectivity index (χ4n) is 2.34. The highest BCUT2D eigenvalue weighted by molar-refractivity contribution is 5.85. The van der Waals surface area contributed by atoms with E-state index in [1.807, 2.05) is 12.1 Å². The van der Waals surface area contributed by atoms with Gasteiger partial charge in [-0.2, -0.15) is 0 Å². The maximum Gasteiger partial charge on any atom is 0.128 e. The van der Waals surface area contributed by atoms with Gasteiger partial charge in [-0.3, -0.25) is 4.90 Å². The number of anilines is 1. The molecule has 6 heteroatoms. The van der Waals surface area contributed by atoms with Gasteiger partial charge in [0.05, 0.1) is 0 Å². The van der Waals surface area contributed by atoms with Crippen molar-refractivity contribution in [2.24, 2.45) is 0 Å². The van der Waals surface area contributed by atoms with Crippen molar-refractivity contribution >= 4 is 30.6 Å². The van der Waals surface area contributed by atoms with Crippen LogP contribution in [0.5, 0.6) is 0 Å². The largest absolute Gasteiger partial charge is 0.383 e. The van der Waals surface area contributed by atoms with Gasteiger partial charge in [0, 0.05) is 44.0 Å². The molecule has 0 aromatic carbocycles. The molecule has 2 rings (SSSR count). The molecule has 0 aliphatic carbocycles. The number of piperazine rings is 1. The monoisotopic (exact) mass is 304 g/mol. The van der Waals surface area contributed by atoms with E-state index in [0.29, 0.717) is 11.9 Å². The van der Waals surface area contributed by atoms with Gasteiger partial charge in [0.25, 0.3) is 0 Å². The highest BCUT2D eigenvalue weighted by Gasteiger charge is 2.22. The Morgan fingerprint density at radius 2 is 2.11 bits per heavy atom. The third kappa shape index (κ3) is 4.66. The van der Waals surface area contributed by atoms with Crippen LogP contribution in [0.15, 0.2) is 31.0 Å². The number of nitrogens with two attached hydrogens (primary N) is 1. The fraction of sp³-hybridized carbons (Fsp3) is 0.462. The number of pyridine rings is 1. The van der Waals surface area contributed by atoms with E-state index in [-0.39, 0.29) is 24.8 Å². The van der Waals surface area contributed by atoms with Crippen molar-refractivity contribution in [3.63, 3.8) is 0 Å². The van der Waals surface area contributed by atoms with Gasteiger partial charge in [0.1, 0.15) is 5.82 Å². The molecule has 1 atom stereocenters. The Balaban J connectivity index is 0.00000162. The van der Waals surface area contributed by atoms with E-state index in [4.69, 9.17) is 5.73 Å². The van der Waals surface area contributed by atoms with E-state index in [9.17, 15) is 0 Å². The smallest absolute Gasteiger partial charge is 0.128 e. The minimum atomic E-state index is 0. The molecule has 108 valence electrons. The first kappa shape index (κ1) is 18.2. The Morgan fingerprint density at radius 3 is 2.68 bits per heavy atom. The molecular formula is C13H22Cl2N4. The molecule has 0 saturated carbocycles. The summed E-state index contributed by atoms with van der Waals surface area (Å²) in [4.78, 5) is 6.63. The summed E-state index contributed by atoms with van der Waals surface area (Å²) in [5.74, 6) is 0.637. The van der Waals surface area contributed by atoms with Crippen LogP contribution in [-0.4, -0.2) is 36.1 Å². The van der Waals surface area contributed by atoms with Crippen LogP contribution in [0.1, 0.15) is 18.0 Å². The molecule has 1 aliphatic heterocycles. The Morgan fingerprint density at radius 1 is 1.42 bits per heavy atom. The van der Waals surface area contributed by atoms with Crippen molar-refractivity contribution in [1.29, 1.82) is 0 Å². The molecule has 0 amide bonds. The van der Waals surface area contributed by atoms with Crippen molar-refractivity contribution < 1.29 is 0 Å². The molecule has 1 saturated heterocycles. The lowest BCUT2D eigenvalue weighted by Gasteiger charge is -2.35. The minimum Gasteiger partial charge on any atom is -0.383 e. The maximum atomic E-state index is 5.97. The lowest BCUT2D eigenvalue weighted by atomic mass is 10.0. The zero-order chi connectivity index (χ0) is 12.1. The number of nitrogen functional groups attached to an aromatic ring is 1. The second-order valence-corrected chi connectivity index (χ2v) is 4.30. The van der Waals surface area contributed by atoms with Crippen molar-refractivity contribution in [2.45, 2.75) is 12.5 Å². The summed E-state index contributed by atoms with van der Waals surface area (Å²) in [7, 11) is 0. The summed E-state index contributed by atoms with van der Waals surface area (Å²) in [5, 5.41) is 3.36. The molecule has 19 heavy (non-hydrogen) atoms. The Kier molecular flexibility index (Phi) is 8.76. The Hall–Kier alpha value is -0.810. The molecule has 1 aromatic heterocycles. The summed E-state index contributed by atoms with van der Waals surface area (Å²) in [6.45, 7) is 8.01. The van der Waals surface area contributed by atoms with E-state index in [1.165, 1.54) is 0 Å². The normalized spacial score (nSPS) is 16.8. The second kappa shape index (κ2) is 9.15. The number of halogens is 2. The van der Waals surface area contributed by atoms with E-state index >= 15 is 0 Å². The number of nitrogens with zero attached hydrogens (tertiary/aromatic N) is 2. The summed E-state index contributed by atoms with van der Waals surface area (Å²) >= 11 is 0. The first-order valence-corrected chi connectivity index (χ1v) is 6.09. The van der Waals surface area contributed by atoms with Crippen LogP contribution in [0.25, 0.3) is 0 Å². The predicted molar refractivity (Wildman–Crippen MR) is 85.1 cm³/mol. The van der Waals surface area contributed by atoms with Gasteiger partial charge < -0.3 is 11.1 Å². The molecule has 0 radical (unpaired) electrons. The molecule has 1 fully saturated rings.